The topological polar surface area (TPSA) is 62.5 Å². The first kappa shape index (κ1) is 14.8. The number of thiophene rings is 1. The number of nitrogens with one attached hydrogen (secondary N) is 1. The van der Waals surface area contributed by atoms with Gasteiger partial charge in [0.2, 0.25) is 0 Å². The van der Waals surface area contributed by atoms with Crippen molar-refractivity contribution in [2.24, 2.45) is 0 Å². The summed E-state index contributed by atoms with van der Waals surface area (Å²) < 4.78 is 5.55. The lowest BCUT2D eigenvalue weighted by molar-refractivity contribution is 0.0901. The summed E-state index contributed by atoms with van der Waals surface area (Å²) in [6.07, 6.45) is 1.26. The molecule has 1 atom stereocenters. The van der Waals surface area contributed by atoms with Gasteiger partial charge in [-0.2, -0.15) is 0 Å². The Hall–Kier alpha value is -1.59. The fourth-order valence-electron chi connectivity index (χ4n) is 2.12. The molecule has 0 aromatic carbocycles. The highest BCUT2D eigenvalue weighted by Crippen LogP contribution is 2.23. The van der Waals surface area contributed by atoms with Gasteiger partial charge >= 0.3 is 0 Å². The van der Waals surface area contributed by atoms with Gasteiger partial charge in [-0.25, -0.2) is 0 Å². The second kappa shape index (κ2) is 6.72. The smallest absolute Gasteiger partial charge is 0.287 e. The number of aliphatic hydroxyl groups excluding tert-OH is 1. The molecule has 2 heterocycles. The van der Waals surface area contributed by atoms with Crippen molar-refractivity contribution < 1.29 is 14.3 Å². The summed E-state index contributed by atoms with van der Waals surface area (Å²) in [4.78, 5) is 13.3. The van der Waals surface area contributed by atoms with Crippen molar-refractivity contribution in [1.82, 2.24) is 5.32 Å². The third-order valence-corrected chi connectivity index (χ3v) is 4.16. The molecular weight excluding hydrogens is 274 g/mol. The van der Waals surface area contributed by atoms with E-state index in [1.807, 2.05) is 31.4 Å². The van der Waals surface area contributed by atoms with Gasteiger partial charge in [0.15, 0.2) is 5.76 Å². The van der Waals surface area contributed by atoms with Crippen molar-refractivity contribution >= 4 is 17.2 Å². The number of carbonyl (C=O) groups is 1. The summed E-state index contributed by atoms with van der Waals surface area (Å²) in [6, 6.07) is 5.47. The Morgan fingerprint density at radius 1 is 1.55 bits per heavy atom. The highest BCUT2D eigenvalue weighted by Gasteiger charge is 2.19. The van der Waals surface area contributed by atoms with E-state index in [0.717, 1.165) is 22.6 Å². The molecule has 0 unspecified atom stereocenters. The zero-order valence-corrected chi connectivity index (χ0v) is 12.5. The highest BCUT2D eigenvalue weighted by molar-refractivity contribution is 7.10. The van der Waals surface area contributed by atoms with E-state index in [4.69, 9.17) is 9.52 Å². The largest absolute Gasteiger partial charge is 0.456 e. The van der Waals surface area contributed by atoms with Crippen LogP contribution < -0.4 is 5.32 Å². The Bertz CT molecular complexity index is 560. The van der Waals surface area contributed by atoms with E-state index in [2.05, 4.69) is 5.32 Å². The third kappa shape index (κ3) is 3.29. The molecule has 0 saturated heterocycles. The van der Waals surface area contributed by atoms with E-state index in [9.17, 15) is 4.79 Å². The van der Waals surface area contributed by atoms with Gasteiger partial charge in [0.25, 0.3) is 5.91 Å². The summed E-state index contributed by atoms with van der Waals surface area (Å²) in [7, 11) is 0. The monoisotopic (exact) mass is 293 g/mol. The van der Waals surface area contributed by atoms with Crippen LogP contribution in [0.15, 0.2) is 28.0 Å². The number of hydrogen-bond donors (Lipinski definition) is 2. The Morgan fingerprint density at radius 3 is 2.90 bits per heavy atom. The van der Waals surface area contributed by atoms with Crippen molar-refractivity contribution in [3.8, 4) is 0 Å². The molecule has 0 saturated carbocycles. The van der Waals surface area contributed by atoms with Gasteiger partial charge in [-0.3, -0.25) is 4.79 Å². The van der Waals surface area contributed by atoms with E-state index in [0.29, 0.717) is 12.2 Å². The lowest BCUT2D eigenvalue weighted by Gasteiger charge is -2.15. The first-order valence-corrected chi connectivity index (χ1v) is 7.58. The second-order valence-electron chi connectivity index (χ2n) is 4.62. The normalized spacial score (nSPS) is 12.3. The molecule has 4 nitrogen and oxygen atoms in total. The molecule has 2 aromatic rings. The zero-order valence-electron chi connectivity index (χ0n) is 11.7. The molecule has 0 radical (unpaired) electrons. The van der Waals surface area contributed by atoms with E-state index in [1.165, 1.54) is 0 Å². The maximum Gasteiger partial charge on any atom is 0.287 e. The first-order valence-electron chi connectivity index (χ1n) is 6.70. The van der Waals surface area contributed by atoms with E-state index in [1.54, 1.807) is 17.4 Å². The predicted octanol–water partition coefficient (Wildman–Crippen LogP) is 3.07. The van der Waals surface area contributed by atoms with Crippen LogP contribution in [0, 0.1) is 6.92 Å². The zero-order chi connectivity index (χ0) is 14.5. The van der Waals surface area contributed by atoms with Gasteiger partial charge in [0.1, 0.15) is 5.76 Å². The Kier molecular flexibility index (Phi) is 4.98. The molecular formula is C15H19NO3S. The lowest BCUT2D eigenvalue weighted by atomic mass is 10.1. The summed E-state index contributed by atoms with van der Waals surface area (Å²) in [6.45, 7) is 3.96. The number of aliphatic hydroxyl groups is 1. The second-order valence-corrected chi connectivity index (χ2v) is 5.60. The average Bonchev–Trinajstić information content (AvgIpc) is 3.07. The SMILES string of the molecule is CCc1oc(C(=O)N[C@@H](CCO)c2cccs2)cc1C. The third-order valence-electron chi connectivity index (χ3n) is 3.18. The molecule has 0 aliphatic rings. The molecule has 5 heteroatoms. The maximum atomic E-state index is 12.2. The molecule has 0 bridgehead atoms. The molecule has 0 aliphatic carbocycles. The van der Waals surface area contributed by atoms with Crippen LogP contribution in [0.1, 0.15) is 46.1 Å². The van der Waals surface area contributed by atoms with Gasteiger partial charge in [-0.15, -0.1) is 11.3 Å². The van der Waals surface area contributed by atoms with Gasteiger partial charge in [-0.1, -0.05) is 13.0 Å². The highest BCUT2D eigenvalue weighted by atomic mass is 32.1. The van der Waals surface area contributed by atoms with Crippen molar-refractivity contribution in [2.75, 3.05) is 6.61 Å². The molecule has 0 fully saturated rings. The van der Waals surface area contributed by atoms with Crippen molar-refractivity contribution in [1.29, 1.82) is 0 Å². The minimum atomic E-state index is -0.236. The molecule has 2 rings (SSSR count). The van der Waals surface area contributed by atoms with Crippen molar-refractivity contribution in [3.05, 3.63) is 45.5 Å². The summed E-state index contributed by atoms with van der Waals surface area (Å²) in [5, 5.41) is 14.0. The van der Waals surface area contributed by atoms with E-state index >= 15 is 0 Å². The molecule has 0 spiro atoms. The Morgan fingerprint density at radius 2 is 2.35 bits per heavy atom. The van der Waals surface area contributed by atoms with Crippen LogP contribution in [-0.4, -0.2) is 17.6 Å². The molecule has 1 amide bonds. The van der Waals surface area contributed by atoms with Gasteiger partial charge in [0, 0.05) is 17.9 Å². The fourth-order valence-corrected chi connectivity index (χ4v) is 2.93. The van der Waals surface area contributed by atoms with Crippen LogP contribution >= 0.6 is 11.3 Å². The molecule has 0 aliphatic heterocycles. The van der Waals surface area contributed by atoms with Gasteiger partial charge < -0.3 is 14.8 Å². The summed E-state index contributed by atoms with van der Waals surface area (Å²) in [5.41, 5.74) is 0.993. The first-order chi connectivity index (χ1) is 9.65. The standard InChI is InChI=1S/C15H19NO3S/c1-3-12-10(2)9-13(19-12)15(18)16-11(6-7-17)14-5-4-8-20-14/h4-5,8-9,11,17H,3,6-7H2,1-2H3,(H,16,18)/t11-/m0/s1. The molecule has 20 heavy (non-hydrogen) atoms. The van der Waals surface area contributed by atoms with Crippen molar-refractivity contribution in [3.63, 3.8) is 0 Å². The summed E-state index contributed by atoms with van der Waals surface area (Å²) >= 11 is 1.56. The number of carbonyl (C=O) groups excluding carboxylic acids is 1. The minimum Gasteiger partial charge on any atom is -0.456 e. The molecule has 108 valence electrons. The van der Waals surface area contributed by atoms with E-state index in [-0.39, 0.29) is 18.6 Å². The Balaban J connectivity index is 2.11. The molecule has 2 aromatic heterocycles. The van der Waals surface area contributed by atoms with Crippen LogP contribution in [0.25, 0.3) is 0 Å². The fraction of sp³-hybridized carbons (Fsp3) is 0.400. The van der Waals surface area contributed by atoms with E-state index < -0.39 is 0 Å². The lowest BCUT2D eigenvalue weighted by Crippen LogP contribution is -2.28. The number of furan rings is 1. The number of hydrogen-bond acceptors (Lipinski definition) is 4. The number of amides is 1. The van der Waals surface area contributed by atoms with Gasteiger partial charge in [0.05, 0.1) is 6.04 Å². The van der Waals surface area contributed by atoms with Crippen LogP contribution in [-0.2, 0) is 6.42 Å². The van der Waals surface area contributed by atoms with Crippen LogP contribution in [0.4, 0.5) is 0 Å². The van der Waals surface area contributed by atoms with Crippen LogP contribution in [0.2, 0.25) is 0 Å². The molecule has 2 N–H and O–H groups in total. The Labute approximate surface area is 122 Å². The van der Waals surface area contributed by atoms with Gasteiger partial charge in [-0.05, 0) is 36.4 Å². The van der Waals surface area contributed by atoms with Crippen molar-refractivity contribution in [2.45, 2.75) is 32.7 Å². The van der Waals surface area contributed by atoms with Crippen LogP contribution in [0.3, 0.4) is 0 Å². The minimum absolute atomic E-state index is 0.0280. The maximum absolute atomic E-state index is 12.2. The average molecular weight is 293 g/mol. The summed E-state index contributed by atoms with van der Waals surface area (Å²) in [5.74, 6) is 0.934. The van der Waals surface area contributed by atoms with Crippen LogP contribution in [0.5, 0.6) is 0 Å². The quantitative estimate of drug-likeness (QED) is 0.860. The number of aryl methyl sites for hydroxylation is 2. The number of rotatable bonds is 6. The predicted molar refractivity (Wildman–Crippen MR) is 79.1 cm³/mol.